The summed E-state index contributed by atoms with van der Waals surface area (Å²) >= 11 is 9.74. The molecule has 0 saturated heterocycles. The van der Waals surface area contributed by atoms with E-state index in [9.17, 15) is 0 Å². The predicted molar refractivity (Wildman–Crippen MR) is 78.8 cm³/mol. The number of imidazole rings is 1. The highest BCUT2D eigenvalue weighted by Crippen LogP contribution is 2.32. The van der Waals surface area contributed by atoms with Crippen molar-refractivity contribution < 1.29 is 0 Å². The summed E-state index contributed by atoms with van der Waals surface area (Å²) in [4.78, 5) is 4.38. The fourth-order valence-corrected chi connectivity index (χ4v) is 2.69. The number of hydrogen-bond acceptors (Lipinski definition) is 2. The quantitative estimate of drug-likeness (QED) is 0.939. The molecule has 0 fully saturated rings. The van der Waals surface area contributed by atoms with Gasteiger partial charge in [0.1, 0.15) is 5.82 Å². The first kappa shape index (κ1) is 13.6. The Balaban J connectivity index is 2.60. The molecule has 1 aromatic heterocycles. The van der Waals surface area contributed by atoms with Gasteiger partial charge in [0.25, 0.3) is 0 Å². The van der Waals surface area contributed by atoms with Crippen molar-refractivity contribution in [3.63, 3.8) is 0 Å². The van der Waals surface area contributed by atoms with Crippen LogP contribution in [0.5, 0.6) is 0 Å². The molecule has 0 unspecified atom stereocenters. The molecule has 3 nitrogen and oxygen atoms in total. The Morgan fingerprint density at radius 3 is 2.83 bits per heavy atom. The molecule has 0 amide bonds. The molecule has 2 aromatic rings. The highest BCUT2D eigenvalue weighted by Gasteiger charge is 2.16. The van der Waals surface area contributed by atoms with Crippen molar-refractivity contribution >= 4 is 27.5 Å². The molecule has 0 saturated carbocycles. The van der Waals surface area contributed by atoms with E-state index >= 15 is 0 Å². The van der Waals surface area contributed by atoms with Gasteiger partial charge in [-0.15, -0.1) is 0 Å². The van der Waals surface area contributed by atoms with Crippen molar-refractivity contribution in [2.24, 2.45) is 12.8 Å². The summed E-state index contributed by atoms with van der Waals surface area (Å²) in [5, 5.41) is 0.530. The zero-order valence-corrected chi connectivity index (χ0v) is 12.7. The smallest absolute Gasteiger partial charge is 0.155 e. The van der Waals surface area contributed by atoms with Crippen LogP contribution < -0.4 is 5.73 Å². The number of aryl methyl sites for hydroxylation is 1. The number of nitrogens with two attached hydrogens (primary N) is 1. The summed E-state index contributed by atoms with van der Waals surface area (Å²) in [5.41, 5.74) is 8.78. The average molecular weight is 329 g/mol. The largest absolute Gasteiger partial charge is 0.330 e. The minimum Gasteiger partial charge on any atom is -0.330 e. The van der Waals surface area contributed by atoms with Crippen molar-refractivity contribution in [1.29, 1.82) is 0 Å². The molecule has 0 aliphatic carbocycles. The third-order valence-corrected chi connectivity index (χ3v) is 3.72. The zero-order chi connectivity index (χ0) is 13.3. The molecular weight excluding hydrogens is 314 g/mol. The van der Waals surface area contributed by atoms with Crippen LogP contribution in [0.1, 0.15) is 11.4 Å². The summed E-state index contributed by atoms with van der Waals surface area (Å²) in [6.45, 7) is 2.63. The van der Waals surface area contributed by atoms with Crippen molar-refractivity contribution in [3.05, 3.63) is 39.2 Å². The second kappa shape index (κ2) is 5.43. The maximum absolute atomic E-state index is 6.26. The van der Waals surface area contributed by atoms with Gasteiger partial charge in [0, 0.05) is 23.5 Å². The number of rotatable bonds is 3. The highest BCUT2D eigenvalue weighted by atomic mass is 79.9. The summed E-state index contributed by atoms with van der Waals surface area (Å²) in [6.07, 6.45) is 0.725. The first-order valence-electron chi connectivity index (χ1n) is 5.72. The minimum atomic E-state index is 0.530. The Kier molecular flexibility index (Phi) is 4.10. The second-order valence-corrected chi connectivity index (χ2v) is 5.50. The molecule has 0 atom stereocenters. The van der Waals surface area contributed by atoms with Crippen LogP contribution in [0, 0.1) is 6.92 Å². The van der Waals surface area contributed by atoms with Gasteiger partial charge in [0.2, 0.25) is 0 Å². The molecule has 2 rings (SSSR count). The van der Waals surface area contributed by atoms with Gasteiger partial charge in [-0.2, -0.15) is 0 Å². The normalized spacial score (nSPS) is 10.9. The van der Waals surface area contributed by atoms with Crippen molar-refractivity contribution in [3.8, 4) is 11.3 Å². The molecule has 0 radical (unpaired) electrons. The first-order valence-corrected chi connectivity index (χ1v) is 6.89. The molecule has 96 valence electrons. The fourth-order valence-electron chi connectivity index (χ4n) is 2.00. The van der Waals surface area contributed by atoms with Gasteiger partial charge in [-0.3, -0.25) is 0 Å². The number of nitrogens with zero attached hydrogens (tertiary/aromatic N) is 2. The topological polar surface area (TPSA) is 43.8 Å². The monoisotopic (exact) mass is 327 g/mol. The standard InChI is InChI=1S/C13H15BrClN3/c1-8-3-4-9(14)7-10(8)12-13(15)17-11(5-6-16)18(12)2/h3-4,7H,5-6,16H2,1-2H3. The molecule has 18 heavy (non-hydrogen) atoms. The van der Waals surface area contributed by atoms with E-state index in [0.29, 0.717) is 11.7 Å². The Morgan fingerprint density at radius 2 is 2.17 bits per heavy atom. The molecular formula is C13H15BrClN3. The van der Waals surface area contributed by atoms with Gasteiger partial charge in [-0.05, 0) is 31.2 Å². The van der Waals surface area contributed by atoms with Crippen LogP contribution in [-0.4, -0.2) is 16.1 Å². The van der Waals surface area contributed by atoms with E-state index in [1.807, 2.05) is 17.7 Å². The Hall–Kier alpha value is -0.840. The molecule has 0 bridgehead atoms. The third kappa shape index (κ3) is 2.46. The van der Waals surface area contributed by atoms with E-state index < -0.39 is 0 Å². The maximum atomic E-state index is 6.26. The predicted octanol–water partition coefficient (Wildman–Crippen LogP) is 3.31. The minimum absolute atomic E-state index is 0.530. The zero-order valence-electron chi connectivity index (χ0n) is 10.4. The lowest BCUT2D eigenvalue weighted by molar-refractivity contribution is 0.782. The Morgan fingerprint density at radius 1 is 1.44 bits per heavy atom. The van der Waals surface area contributed by atoms with Gasteiger partial charge >= 0.3 is 0 Å². The summed E-state index contributed by atoms with van der Waals surface area (Å²) in [5.74, 6) is 0.914. The molecule has 2 N–H and O–H groups in total. The van der Waals surface area contributed by atoms with E-state index in [0.717, 1.165) is 28.0 Å². The van der Waals surface area contributed by atoms with E-state index in [1.54, 1.807) is 0 Å². The van der Waals surface area contributed by atoms with E-state index in [1.165, 1.54) is 5.56 Å². The van der Waals surface area contributed by atoms with Crippen LogP contribution in [0.3, 0.4) is 0 Å². The second-order valence-electron chi connectivity index (χ2n) is 4.22. The van der Waals surface area contributed by atoms with Crippen LogP contribution in [0.25, 0.3) is 11.3 Å². The summed E-state index contributed by atoms with van der Waals surface area (Å²) in [6, 6.07) is 6.14. The van der Waals surface area contributed by atoms with E-state index in [-0.39, 0.29) is 0 Å². The van der Waals surface area contributed by atoms with Crippen LogP contribution in [-0.2, 0) is 13.5 Å². The summed E-state index contributed by atoms with van der Waals surface area (Å²) in [7, 11) is 1.97. The number of aromatic nitrogens is 2. The van der Waals surface area contributed by atoms with Crippen molar-refractivity contribution in [2.45, 2.75) is 13.3 Å². The third-order valence-electron chi connectivity index (χ3n) is 2.97. The number of hydrogen-bond donors (Lipinski definition) is 1. The van der Waals surface area contributed by atoms with E-state index in [2.05, 4.69) is 40.0 Å². The molecule has 0 spiro atoms. The molecule has 5 heteroatoms. The Labute approximate surface area is 120 Å². The lowest BCUT2D eigenvalue weighted by Crippen LogP contribution is -2.08. The van der Waals surface area contributed by atoms with E-state index in [4.69, 9.17) is 17.3 Å². The van der Waals surface area contributed by atoms with Gasteiger partial charge in [-0.25, -0.2) is 4.98 Å². The lowest BCUT2D eigenvalue weighted by Gasteiger charge is -2.09. The lowest BCUT2D eigenvalue weighted by atomic mass is 10.1. The number of benzene rings is 1. The van der Waals surface area contributed by atoms with Crippen LogP contribution in [0.2, 0.25) is 5.15 Å². The van der Waals surface area contributed by atoms with Crippen LogP contribution in [0.15, 0.2) is 22.7 Å². The van der Waals surface area contributed by atoms with Crippen LogP contribution in [0.4, 0.5) is 0 Å². The average Bonchev–Trinajstić information content (AvgIpc) is 2.59. The first-order chi connectivity index (χ1) is 8.54. The van der Waals surface area contributed by atoms with Gasteiger partial charge in [0.15, 0.2) is 5.15 Å². The maximum Gasteiger partial charge on any atom is 0.155 e. The molecule has 0 aliphatic heterocycles. The summed E-state index contributed by atoms with van der Waals surface area (Å²) < 4.78 is 3.05. The molecule has 1 heterocycles. The SMILES string of the molecule is Cc1ccc(Br)cc1-c1c(Cl)nc(CCN)n1C. The molecule has 0 aliphatic rings. The highest BCUT2D eigenvalue weighted by molar-refractivity contribution is 9.10. The van der Waals surface area contributed by atoms with Gasteiger partial charge < -0.3 is 10.3 Å². The molecule has 1 aromatic carbocycles. The van der Waals surface area contributed by atoms with Crippen molar-refractivity contribution in [1.82, 2.24) is 9.55 Å². The van der Waals surface area contributed by atoms with Crippen molar-refractivity contribution in [2.75, 3.05) is 6.54 Å². The van der Waals surface area contributed by atoms with Gasteiger partial charge in [-0.1, -0.05) is 33.6 Å². The Bertz CT molecular complexity index is 578. The number of halogens is 2. The van der Waals surface area contributed by atoms with Gasteiger partial charge in [0.05, 0.1) is 5.69 Å². The fraction of sp³-hybridized carbons (Fsp3) is 0.308. The van der Waals surface area contributed by atoms with Crippen LogP contribution >= 0.6 is 27.5 Å².